The standard InChI is InChI=1S/C17H25NO/c1-14-3-2-4-16(13-14)15-5-7-17(8-6-15)18-9-11-19-12-10-18/h2-4,13,15,17H,5-12H2,1H3. The van der Waals surface area contributed by atoms with Crippen LogP contribution in [0.4, 0.5) is 0 Å². The van der Waals surface area contributed by atoms with E-state index in [1.54, 1.807) is 5.56 Å². The van der Waals surface area contributed by atoms with E-state index >= 15 is 0 Å². The normalized spacial score (nSPS) is 29.3. The molecule has 1 aromatic carbocycles. The van der Waals surface area contributed by atoms with Gasteiger partial charge in [-0.3, -0.25) is 4.90 Å². The maximum atomic E-state index is 5.45. The largest absolute Gasteiger partial charge is 0.379 e. The Balaban J connectivity index is 1.57. The molecule has 2 fully saturated rings. The quantitative estimate of drug-likeness (QED) is 0.807. The van der Waals surface area contributed by atoms with Gasteiger partial charge in [-0.05, 0) is 44.1 Å². The van der Waals surface area contributed by atoms with Gasteiger partial charge < -0.3 is 4.74 Å². The van der Waals surface area contributed by atoms with E-state index in [9.17, 15) is 0 Å². The zero-order chi connectivity index (χ0) is 13.1. The van der Waals surface area contributed by atoms with Crippen LogP contribution in [0.3, 0.4) is 0 Å². The second-order valence-corrected chi connectivity index (χ2v) is 6.07. The molecule has 1 heterocycles. The van der Waals surface area contributed by atoms with Crippen LogP contribution in [-0.4, -0.2) is 37.2 Å². The number of hydrogen-bond donors (Lipinski definition) is 0. The van der Waals surface area contributed by atoms with Crippen LogP contribution in [0.2, 0.25) is 0 Å². The molecule has 0 aromatic heterocycles. The molecule has 0 N–H and O–H groups in total. The van der Waals surface area contributed by atoms with Gasteiger partial charge in [0.05, 0.1) is 13.2 Å². The molecule has 0 spiro atoms. The Labute approximate surface area is 116 Å². The maximum absolute atomic E-state index is 5.45. The lowest BCUT2D eigenvalue weighted by Gasteiger charge is -2.38. The van der Waals surface area contributed by atoms with Crippen LogP contribution >= 0.6 is 0 Å². The Morgan fingerprint density at radius 3 is 2.47 bits per heavy atom. The summed E-state index contributed by atoms with van der Waals surface area (Å²) < 4.78 is 5.45. The molecule has 0 radical (unpaired) electrons. The zero-order valence-corrected chi connectivity index (χ0v) is 12.0. The van der Waals surface area contributed by atoms with Gasteiger partial charge in [0, 0.05) is 19.1 Å². The minimum atomic E-state index is 0.789. The molecule has 0 amide bonds. The lowest BCUT2D eigenvalue weighted by atomic mass is 9.81. The monoisotopic (exact) mass is 259 g/mol. The first-order chi connectivity index (χ1) is 9.33. The van der Waals surface area contributed by atoms with Crippen molar-refractivity contribution in [1.82, 2.24) is 4.90 Å². The smallest absolute Gasteiger partial charge is 0.0594 e. The predicted octanol–water partition coefficient (Wildman–Crippen LogP) is 3.35. The first-order valence-corrected chi connectivity index (χ1v) is 7.71. The highest BCUT2D eigenvalue weighted by molar-refractivity contribution is 5.25. The highest BCUT2D eigenvalue weighted by Crippen LogP contribution is 2.35. The Morgan fingerprint density at radius 2 is 1.79 bits per heavy atom. The van der Waals surface area contributed by atoms with E-state index in [2.05, 4.69) is 36.1 Å². The third kappa shape index (κ3) is 3.18. The number of aryl methyl sites for hydroxylation is 1. The molecule has 2 heteroatoms. The minimum Gasteiger partial charge on any atom is -0.379 e. The molecule has 19 heavy (non-hydrogen) atoms. The van der Waals surface area contributed by atoms with E-state index in [4.69, 9.17) is 4.74 Å². The Bertz CT molecular complexity index is 403. The minimum absolute atomic E-state index is 0.789. The summed E-state index contributed by atoms with van der Waals surface area (Å²) in [5.41, 5.74) is 2.95. The van der Waals surface area contributed by atoms with Crippen molar-refractivity contribution in [2.75, 3.05) is 26.3 Å². The summed E-state index contributed by atoms with van der Waals surface area (Å²) in [5.74, 6) is 0.789. The fourth-order valence-corrected chi connectivity index (χ4v) is 3.64. The molecule has 0 bridgehead atoms. The van der Waals surface area contributed by atoms with E-state index in [0.717, 1.165) is 38.3 Å². The number of hydrogen-bond acceptors (Lipinski definition) is 2. The topological polar surface area (TPSA) is 12.5 Å². The Kier molecular flexibility index (Phi) is 4.19. The van der Waals surface area contributed by atoms with Crippen LogP contribution in [-0.2, 0) is 4.74 Å². The van der Waals surface area contributed by atoms with E-state index < -0.39 is 0 Å². The summed E-state index contributed by atoms with van der Waals surface area (Å²) in [7, 11) is 0. The van der Waals surface area contributed by atoms with Gasteiger partial charge in [0.2, 0.25) is 0 Å². The van der Waals surface area contributed by atoms with Crippen LogP contribution in [0, 0.1) is 6.92 Å². The highest BCUT2D eigenvalue weighted by atomic mass is 16.5. The fraction of sp³-hybridized carbons (Fsp3) is 0.647. The van der Waals surface area contributed by atoms with E-state index in [1.807, 2.05) is 0 Å². The van der Waals surface area contributed by atoms with Crippen molar-refractivity contribution in [3.8, 4) is 0 Å². The summed E-state index contributed by atoms with van der Waals surface area (Å²) in [6.45, 7) is 6.33. The highest BCUT2D eigenvalue weighted by Gasteiger charge is 2.27. The first kappa shape index (κ1) is 13.1. The molecule has 1 aliphatic heterocycles. The van der Waals surface area contributed by atoms with Crippen LogP contribution in [0.15, 0.2) is 24.3 Å². The summed E-state index contributed by atoms with van der Waals surface area (Å²) in [6, 6.07) is 9.90. The number of ether oxygens (including phenoxy) is 1. The van der Waals surface area contributed by atoms with E-state index in [1.165, 1.54) is 31.2 Å². The molecule has 2 nitrogen and oxygen atoms in total. The fourth-order valence-electron chi connectivity index (χ4n) is 3.64. The average Bonchev–Trinajstić information content (AvgIpc) is 2.48. The number of morpholine rings is 1. The van der Waals surface area contributed by atoms with Crippen molar-refractivity contribution < 1.29 is 4.74 Å². The summed E-state index contributed by atoms with van der Waals surface area (Å²) in [6.07, 6.45) is 5.42. The summed E-state index contributed by atoms with van der Waals surface area (Å²) >= 11 is 0. The van der Waals surface area contributed by atoms with Crippen LogP contribution in [0.1, 0.15) is 42.7 Å². The third-order valence-electron chi connectivity index (χ3n) is 4.77. The van der Waals surface area contributed by atoms with Crippen molar-refractivity contribution in [3.63, 3.8) is 0 Å². The van der Waals surface area contributed by atoms with Crippen molar-refractivity contribution >= 4 is 0 Å². The molecule has 0 atom stereocenters. The predicted molar refractivity (Wildman–Crippen MR) is 78.6 cm³/mol. The molecule has 1 saturated carbocycles. The number of benzene rings is 1. The van der Waals surface area contributed by atoms with Crippen LogP contribution in [0.25, 0.3) is 0 Å². The number of rotatable bonds is 2. The van der Waals surface area contributed by atoms with Crippen LogP contribution < -0.4 is 0 Å². The van der Waals surface area contributed by atoms with E-state index in [0.29, 0.717) is 0 Å². The van der Waals surface area contributed by atoms with Crippen molar-refractivity contribution in [1.29, 1.82) is 0 Å². The molecule has 104 valence electrons. The van der Waals surface area contributed by atoms with Gasteiger partial charge in [-0.15, -0.1) is 0 Å². The molecule has 2 aliphatic rings. The van der Waals surface area contributed by atoms with Gasteiger partial charge >= 0.3 is 0 Å². The maximum Gasteiger partial charge on any atom is 0.0594 e. The third-order valence-corrected chi connectivity index (χ3v) is 4.77. The Morgan fingerprint density at radius 1 is 1.05 bits per heavy atom. The molecule has 3 rings (SSSR count). The van der Waals surface area contributed by atoms with Crippen molar-refractivity contribution in [2.24, 2.45) is 0 Å². The van der Waals surface area contributed by atoms with Gasteiger partial charge in [-0.1, -0.05) is 29.8 Å². The molecule has 0 unspecified atom stereocenters. The van der Waals surface area contributed by atoms with Crippen molar-refractivity contribution in [3.05, 3.63) is 35.4 Å². The summed E-state index contributed by atoms with van der Waals surface area (Å²) in [5, 5.41) is 0. The lowest BCUT2D eigenvalue weighted by Crippen LogP contribution is -2.44. The molecule has 1 aromatic rings. The van der Waals surface area contributed by atoms with Crippen molar-refractivity contribution in [2.45, 2.75) is 44.6 Å². The second kappa shape index (κ2) is 6.06. The molecular weight excluding hydrogens is 234 g/mol. The van der Waals surface area contributed by atoms with Crippen LogP contribution in [0.5, 0.6) is 0 Å². The Hall–Kier alpha value is -0.860. The first-order valence-electron chi connectivity index (χ1n) is 7.71. The average molecular weight is 259 g/mol. The van der Waals surface area contributed by atoms with Gasteiger partial charge in [-0.25, -0.2) is 0 Å². The van der Waals surface area contributed by atoms with E-state index in [-0.39, 0.29) is 0 Å². The van der Waals surface area contributed by atoms with Gasteiger partial charge in [0.1, 0.15) is 0 Å². The molecular formula is C17H25NO. The van der Waals surface area contributed by atoms with Gasteiger partial charge in [-0.2, -0.15) is 0 Å². The SMILES string of the molecule is Cc1cccc(C2CCC(N3CCOCC3)CC2)c1. The lowest BCUT2D eigenvalue weighted by molar-refractivity contribution is 0.00729. The van der Waals surface area contributed by atoms with Gasteiger partial charge in [0.15, 0.2) is 0 Å². The van der Waals surface area contributed by atoms with Gasteiger partial charge in [0.25, 0.3) is 0 Å². The zero-order valence-electron chi connectivity index (χ0n) is 12.0. The second-order valence-electron chi connectivity index (χ2n) is 6.07. The molecule has 1 aliphatic carbocycles. The summed E-state index contributed by atoms with van der Waals surface area (Å²) in [4.78, 5) is 2.65. The number of nitrogens with zero attached hydrogens (tertiary/aromatic N) is 1. The molecule has 1 saturated heterocycles.